The molecule has 5 heteroatoms. The second kappa shape index (κ2) is 7.41. The summed E-state index contributed by atoms with van der Waals surface area (Å²) in [4.78, 5) is 26.9. The Morgan fingerprint density at radius 2 is 2.04 bits per heavy atom. The maximum Gasteiger partial charge on any atom is 0.257 e. The van der Waals surface area contributed by atoms with Crippen molar-refractivity contribution in [3.8, 4) is 0 Å². The van der Waals surface area contributed by atoms with Crippen LogP contribution in [-0.2, 0) is 4.79 Å². The van der Waals surface area contributed by atoms with Gasteiger partial charge >= 0.3 is 0 Å². The van der Waals surface area contributed by atoms with E-state index in [0.717, 1.165) is 19.3 Å². The molecule has 0 spiro atoms. The first-order valence-electron chi connectivity index (χ1n) is 9.18. The van der Waals surface area contributed by atoms with E-state index >= 15 is 0 Å². The summed E-state index contributed by atoms with van der Waals surface area (Å²) in [5.74, 6) is 1.16. The van der Waals surface area contributed by atoms with Gasteiger partial charge in [-0.2, -0.15) is 0 Å². The quantitative estimate of drug-likeness (QED) is 0.925. The van der Waals surface area contributed by atoms with Crippen LogP contribution >= 0.6 is 0 Å². The van der Waals surface area contributed by atoms with Gasteiger partial charge in [-0.1, -0.05) is 26.7 Å². The highest BCUT2D eigenvalue weighted by molar-refractivity contribution is 5.94. The smallest absolute Gasteiger partial charge is 0.257 e. The Bertz CT molecular complexity index is 569. The molecule has 1 aliphatic heterocycles. The average Bonchev–Trinajstić information content (AvgIpc) is 3.13. The minimum absolute atomic E-state index is 0.0408. The van der Waals surface area contributed by atoms with Gasteiger partial charge in [-0.15, -0.1) is 0 Å². The van der Waals surface area contributed by atoms with Gasteiger partial charge < -0.3 is 14.6 Å². The molecule has 3 rings (SSSR count). The molecule has 1 saturated carbocycles. The molecule has 4 atom stereocenters. The molecule has 5 nitrogen and oxygen atoms in total. The second-order valence-electron chi connectivity index (χ2n) is 7.48. The molecule has 132 valence electrons. The van der Waals surface area contributed by atoms with Gasteiger partial charge in [0.05, 0.1) is 17.7 Å². The number of hydrogen-bond acceptors (Lipinski definition) is 3. The van der Waals surface area contributed by atoms with Gasteiger partial charge in [-0.05, 0) is 37.2 Å². The number of nitrogens with one attached hydrogen (secondary N) is 1. The Morgan fingerprint density at radius 1 is 1.21 bits per heavy atom. The van der Waals surface area contributed by atoms with E-state index in [0.29, 0.717) is 30.5 Å². The van der Waals surface area contributed by atoms with Crippen molar-refractivity contribution in [3.63, 3.8) is 0 Å². The first-order chi connectivity index (χ1) is 11.6. The van der Waals surface area contributed by atoms with Crippen LogP contribution in [0.5, 0.6) is 0 Å². The van der Waals surface area contributed by atoms with Crippen LogP contribution < -0.4 is 5.32 Å². The van der Waals surface area contributed by atoms with E-state index in [1.807, 2.05) is 0 Å². The Labute approximate surface area is 143 Å². The van der Waals surface area contributed by atoms with Gasteiger partial charge in [-0.3, -0.25) is 9.59 Å². The topological polar surface area (TPSA) is 62.6 Å². The Morgan fingerprint density at radius 3 is 2.79 bits per heavy atom. The highest BCUT2D eigenvalue weighted by atomic mass is 16.3. The summed E-state index contributed by atoms with van der Waals surface area (Å²) in [5.41, 5.74) is 0.561. The molecule has 2 heterocycles. The van der Waals surface area contributed by atoms with Gasteiger partial charge in [0.25, 0.3) is 5.91 Å². The van der Waals surface area contributed by atoms with Gasteiger partial charge in [-0.25, -0.2) is 0 Å². The van der Waals surface area contributed by atoms with Crippen molar-refractivity contribution in [1.82, 2.24) is 10.2 Å². The van der Waals surface area contributed by atoms with Gasteiger partial charge in [0.1, 0.15) is 6.26 Å². The standard InChI is InChI=1S/C19H28N2O3/c1-13-5-3-7-17(14(13)2)20-18(22)15-6-4-9-21(11-15)19(23)16-8-10-24-12-16/h8,10,12-15,17H,3-7,9,11H2,1-2H3,(H,20,22)/t13-,14+,15-,17+/m1/s1. The summed E-state index contributed by atoms with van der Waals surface area (Å²) in [6, 6.07) is 1.96. The monoisotopic (exact) mass is 332 g/mol. The molecular formula is C19H28N2O3. The van der Waals surface area contributed by atoms with Crippen LogP contribution in [0.1, 0.15) is 56.3 Å². The molecule has 0 radical (unpaired) electrons. The molecule has 1 saturated heterocycles. The fraction of sp³-hybridized carbons (Fsp3) is 0.684. The number of furan rings is 1. The lowest BCUT2D eigenvalue weighted by molar-refractivity contribution is -0.127. The third kappa shape index (κ3) is 3.65. The number of rotatable bonds is 3. The van der Waals surface area contributed by atoms with Crippen molar-refractivity contribution in [2.24, 2.45) is 17.8 Å². The fourth-order valence-electron chi connectivity index (χ4n) is 4.03. The van der Waals surface area contributed by atoms with Crippen molar-refractivity contribution in [3.05, 3.63) is 24.2 Å². The summed E-state index contributed by atoms with van der Waals surface area (Å²) in [6.07, 6.45) is 8.22. The zero-order valence-corrected chi connectivity index (χ0v) is 14.7. The van der Waals surface area contributed by atoms with E-state index in [1.165, 1.54) is 25.4 Å². The molecule has 0 aromatic carbocycles. The molecule has 1 aromatic heterocycles. The van der Waals surface area contributed by atoms with E-state index < -0.39 is 0 Å². The Hall–Kier alpha value is -1.78. The molecule has 0 bridgehead atoms. The average molecular weight is 332 g/mol. The van der Waals surface area contributed by atoms with Crippen LogP contribution in [0.3, 0.4) is 0 Å². The summed E-state index contributed by atoms with van der Waals surface area (Å²) in [6.45, 7) is 5.73. The first-order valence-corrected chi connectivity index (χ1v) is 9.18. The van der Waals surface area contributed by atoms with Crippen molar-refractivity contribution in [1.29, 1.82) is 0 Å². The van der Waals surface area contributed by atoms with Gasteiger partial charge in [0, 0.05) is 19.1 Å². The third-order valence-electron chi connectivity index (χ3n) is 5.88. The number of nitrogens with zero attached hydrogens (tertiary/aromatic N) is 1. The zero-order valence-electron chi connectivity index (χ0n) is 14.7. The number of hydrogen-bond donors (Lipinski definition) is 1. The van der Waals surface area contributed by atoms with E-state index in [2.05, 4.69) is 19.2 Å². The van der Waals surface area contributed by atoms with E-state index in [-0.39, 0.29) is 23.8 Å². The summed E-state index contributed by atoms with van der Waals surface area (Å²) < 4.78 is 5.00. The lowest BCUT2D eigenvalue weighted by atomic mass is 9.78. The van der Waals surface area contributed by atoms with Crippen molar-refractivity contribution < 1.29 is 14.0 Å². The number of carbonyl (C=O) groups excluding carboxylic acids is 2. The van der Waals surface area contributed by atoms with E-state index in [4.69, 9.17) is 4.42 Å². The van der Waals surface area contributed by atoms with Crippen molar-refractivity contribution in [2.45, 2.75) is 52.0 Å². The second-order valence-corrected chi connectivity index (χ2v) is 7.48. The zero-order chi connectivity index (χ0) is 17.1. The lowest BCUT2D eigenvalue weighted by Crippen LogP contribution is -2.50. The maximum atomic E-state index is 12.7. The summed E-state index contributed by atoms with van der Waals surface area (Å²) >= 11 is 0. The Balaban J connectivity index is 1.58. The Kier molecular flexibility index (Phi) is 5.27. The SMILES string of the molecule is C[C@H]1[C@H](C)CCC[C@@H]1NC(=O)[C@@H]1CCCN(C(=O)c2ccoc2)C1. The number of amides is 2. The van der Waals surface area contributed by atoms with Crippen molar-refractivity contribution >= 4 is 11.8 Å². The fourth-order valence-corrected chi connectivity index (χ4v) is 4.03. The molecule has 1 aromatic rings. The first kappa shape index (κ1) is 17.1. The molecule has 2 fully saturated rings. The van der Waals surface area contributed by atoms with Gasteiger partial charge in [0.2, 0.25) is 5.91 Å². The van der Waals surface area contributed by atoms with Crippen LogP contribution in [-0.4, -0.2) is 35.8 Å². The molecule has 1 N–H and O–H groups in total. The third-order valence-corrected chi connectivity index (χ3v) is 5.88. The molecule has 24 heavy (non-hydrogen) atoms. The molecular weight excluding hydrogens is 304 g/mol. The van der Waals surface area contributed by atoms with Gasteiger partial charge in [0.15, 0.2) is 0 Å². The molecule has 1 aliphatic carbocycles. The van der Waals surface area contributed by atoms with Crippen LogP contribution in [0.2, 0.25) is 0 Å². The molecule has 0 unspecified atom stereocenters. The maximum absolute atomic E-state index is 12.7. The highest BCUT2D eigenvalue weighted by Crippen LogP contribution is 2.30. The van der Waals surface area contributed by atoms with Crippen LogP contribution in [0.4, 0.5) is 0 Å². The number of likely N-dealkylation sites (tertiary alicyclic amines) is 1. The van der Waals surface area contributed by atoms with Crippen molar-refractivity contribution in [2.75, 3.05) is 13.1 Å². The van der Waals surface area contributed by atoms with E-state index in [1.54, 1.807) is 11.0 Å². The summed E-state index contributed by atoms with van der Waals surface area (Å²) in [7, 11) is 0. The number of carbonyl (C=O) groups is 2. The molecule has 2 aliphatic rings. The normalized spacial score (nSPS) is 30.8. The molecule has 2 amide bonds. The minimum atomic E-state index is -0.0981. The largest absolute Gasteiger partial charge is 0.472 e. The highest BCUT2D eigenvalue weighted by Gasteiger charge is 2.33. The summed E-state index contributed by atoms with van der Waals surface area (Å²) in [5, 5.41) is 3.27. The minimum Gasteiger partial charge on any atom is -0.472 e. The van der Waals surface area contributed by atoms with E-state index in [9.17, 15) is 9.59 Å². The van der Waals surface area contributed by atoms with Crippen LogP contribution in [0.25, 0.3) is 0 Å². The predicted molar refractivity (Wildman–Crippen MR) is 91.4 cm³/mol. The lowest BCUT2D eigenvalue weighted by Gasteiger charge is -2.37. The van der Waals surface area contributed by atoms with Crippen LogP contribution in [0.15, 0.2) is 23.0 Å². The van der Waals surface area contributed by atoms with Crippen LogP contribution in [0, 0.1) is 17.8 Å². The number of piperidine rings is 1. The predicted octanol–water partition coefficient (Wildman–Crippen LogP) is 3.07.